The van der Waals surface area contributed by atoms with Gasteiger partial charge in [-0.1, -0.05) is 40.6 Å². The van der Waals surface area contributed by atoms with E-state index in [-0.39, 0.29) is 0 Å². The highest BCUT2D eigenvalue weighted by Gasteiger charge is 2.08. The molecule has 1 rings (SSSR count). The minimum atomic E-state index is 0.690. The monoisotopic (exact) mass is 186 g/mol. The number of allylic oxidation sites excluding steroid dienone is 4. The number of hydrogen-bond acceptors (Lipinski definition) is 0. The maximum atomic E-state index is 3.50. The largest absolute Gasteiger partial charge is 0.0727 e. The molecule has 0 amide bonds. The van der Waals surface area contributed by atoms with Gasteiger partial charge in [0.25, 0.3) is 0 Å². The standard InChI is InChI=1S/C8H11Br/c1-6-3-4-8(9)7(2)5-6/h3-4,7H,5H2,1-2H3. The van der Waals surface area contributed by atoms with E-state index in [0.29, 0.717) is 5.92 Å². The Hall–Kier alpha value is -0.0400. The minimum Gasteiger partial charge on any atom is -0.0727 e. The van der Waals surface area contributed by atoms with Crippen molar-refractivity contribution in [1.82, 2.24) is 0 Å². The van der Waals surface area contributed by atoms with Crippen molar-refractivity contribution in [2.75, 3.05) is 0 Å². The van der Waals surface area contributed by atoms with Gasteiger partial charge in [-0.3, -0.25) is 0 Å². The van der Waals surface area contributed by atoms with E-state index in [9.17, 15) is 0 Å². The maximum Gasteiger partial charge on any atom is -0.00180 e. The summed E-state index contributed by atoms with van der Waals surface area (Å²) in [7, 11) is 0. The average molecular weight is 187 g/mol. The molecule has 0 spiro atoms. The SMILES string of the molecule is CC1=CC=C(Br)C(C)C1. The summed E-state index contributed by atoms with van der Waals surface area (Å²) in [5, 5.41) is 0. The van der Waals surface area contributed by atoms with Crippen LogP contribution in [0.25, 0.3) is 0 Å². The van der Waals surface area contributed by atoms with Gasteiger partial charge in [0.05, 0.1) is 0 Å². The van der Waals surface area contributed by atoms with E-state index in [1.165, 1.54) is 16.5 Å². The number of hydrogen-bond donors (Lipinski definition) is 0. The highest BCUT2D eigenvalue weighted by Crippen LogP contribution is 2.27. The van der Waals surface area contributed by atoms with E-state index >= 15 is 0 Å². The summed E-state index contributed by atoms with van der Waals surface area (Å²) >= 11 is 3.50. The third kappa shape index (κ3) is 1.68. The molecular weight excluding hydrogens is 176 g/mol. The Morgan fingerprint density at radius 3 is 2.67 bits per heavy atom. The summed E-state index contributed by atoms with van der Waals surface area (Å²) in [6.07, 6.45) is 5.52. The minimum absolute atomic E-state index is 0.690. The van der Waals surface area contributed by atoms with Crippen LogP contribution >= 0.6 is 15.9 Å². The quantitative estimate of drug-likeness (QED) is 0.546. The molecule has 0 radical (unpaired) electrons. The maximum absolute atomic E-state index is 3.50. The molecule has 50 valence electrons. The molecule has 1 aliphatic carbocycles. The van der Waals surface area contributed by atoms with Gasteiger partial charge in [0, 0.05) is 0 Å². The lowest BCUT2D eigenvalue weighted by molar-refractivity contribution is 0.699. The lowest BCUT2D eigenvalue weighted by Gasteiger charge is -2.14. The van der Waals surface area contributed by atoms with Gasteiger partial charge in [-0.05, 0) is 23.7 Å². The first-order valence-electron chi connectivity index (χ1n) is 3.23. The zero-order valence-electron chi connectivity index (χ0n) is 5.82. The van der Waals surface area contributed by atoms with E-state index in [1.54, 1.807) is 0 Å². The predicted octanol–water partition coefficient (Wildman–Crippen LogP) is 3.25. The van der Waals surface area contributed by atoms with Crippen molar-refractivity contribution in [3.8, 4) is 0 Å². The van der Waals surface area contributed by atoms with E-state index in [2.05, 4.69) is 41.9 Å². The first-order chi connectivity index (χ1) is 4.20. The molecule has 0 bridgehead atoms. The van der Waals surface area contributed by atoms with Crippen LogP contribution in [-0.4, -0.2) is 0 Å². The van der Waals surface area contributed by atoms with Crippen LogP contribution < -0.4 is 0 Å². The van der Waals surface area contributed by atoms with E-state index < -0.39 is 0 Å². The van der Waals surface area contributed by atoms with E-state index in [1.807, 2.05) is 0 Å². The third-order valence-electron chi connectivity index (χ3n) is 1.63. The molecule has 0 saturated heterocycles. The Bertz CT molecular complexity index is 165. The van der Waals surface area contributed by atoms with E-state index in [0.717, 1.165) is 0 Å². The van der Waals surface area contributed by atoms with Gasteiger partial charge in [-0.2, -0.15) is 0 Å². The van der Waals surface area contributed by atoms with Crippen molar-refractivity contribution < 1.29 is 0 Å². The summed E-state index contributed by atoms with van der Waals surface area (Å²) in [6, 6.07) is 0. The van der Waals surface area contributed by atoms with Crippen LogP contribution in [0.5, 0.6) is 0 Å². The second-order valence-corrected chi connectivity index (χ2v) is 3.59. The highest BCUT2D eigenvalue weighted by atomic mass is 79.9. The second-order valence-electron chi connectivity index (χ2n) is 2.67. The highest BCUT2D eigenvalue weighted by molar-refractivity contribution is 9.11. The number of halogens is 1. The molecule has 0 aromatic heterocycles. The van der Waals surface area contributed by atoms with Crippen LogP contribution in [0.2, 0.25) is 0 Å². The molecule has 0 nitrogen and oxygen atoms in total. The van der Waals surface area contributed by atoms with Crippen LogP contribution in [0.15, 0.2) is 22.2 Å². The fourth-order valence-corrected chi connectivity index (χ4v) is 1.33. The Morgan fingerprint density at radius 2 is 2.22 bits per heavy atom. The van der Waals surface area contributed by atoms with Gasteiger partial charge in [0.1, 0.15) is 0 Å². The van der Waals surface area contributed by atoms with Gasteiger partial charge in [-0.15, -0.1) is 0 Å². The Labute approximate surface area is 64.8 Å². The molecule has 9 heavy (non-hydrogen) atoms. The van der Waals surface area contributed by atoms with Crippen molar-refractivity contribution in [2.24, 2.45) is 5.92 Å². The van der Waals surface area contributed by atoms with Crippen LogP contribution in [0.3, 0.4) is 0 Å². The molecule has 1 atom stereocenters. The van der Waals surface area contributed by atoms with Crippen molar-refractivity contribution in [3.05, 3.63) is 22.2 Å². The van der Waals surface area contributed by atoms with Crippen molar-refractivity contribution in [1.29, 1.82) is 0 Å². The van der Waals surface area contributed by atoms with Crippen molar-refractivity contribution in [2.45, 2.75) is 20.3 Å². The molecule has 0 aromatic rings. The van der Waals surface area contributed by atoms with Crippen molar-refractivity contribution in [3.63, 3.8) is 0 Å². The Balaban J connectivity index is 2.74. The zero-order chi connectivity index (χ0) is 6.85. The van der Waals surface area contributed by atoms with Gasteiger partial charge < -0.3 is 0 Å². The topological polar surface area (TPSA) is 0 Å². The van der Waals surface area contributed by atoms with Crippen LogP contribution in [-0.2, 0) is 0 Å². The molecule has 0 aliphatic heterocycles. The van der Waals surface area contributed by atoms with Gasteiger partial charge in [0.15, 0.2) is 0 Å². The van der Waals surface area contributed by atoms with Crippen molar-refractivity contribution >= 4 is 15.9 Å². The third-order valence-corrected chi connectivity index (χ3v) is 2.67. The summed E-state index contributed by atoms with van der Waals surface area (Å²) in [6.45, 7) is 4.41. The fourth-order valence-electron chi connectivity index (χ4n) is 1.03. The lowest BCUT2D eigenvalue weighted by atomic mass is 9.97. The lowest BCUT2D eigenvalue weighted by Crippen LogP contribution is -1.98. The summed E-state index contributed by atoms with van der Waals surface area (Å²) in [5.74, 6) is 0.690. The van der Waals surface area contributed by atoms with Gasteiger partial charge in [0.2, 0.25) is 0 Å². The summed E-state index contributed by atoms with van der Waals surface area (Å²) in [4.78, 5) is 0. The smallest absolute Gasteiger partial charge is 0.00180 e. The Kier molecular flexibility index (Phi) is 2.12. The molecule has 0 N–H and O–H groups in total. The predicted molar refractivity (Wildman–Crippen MR) is 44.5 cm³/mol. The molecule has 0 saturated carbocycles. The molecule has 0 aromatic carbocycles. The molecule has 0 heterocycles. The van der Waals surface area contributed by atoms with Crippen LogP contribution in [0, 0.1) is 5.92 Å². The van der Waals surface area contributed by atoms with E-state index in [4.69, 9.17) is 0 Å². The second kappa shape index (κ2) is 2.70. The van der Waals surface area contributed by atoms with Crippen LogP contribution in [0.4, 0.5) is 0 Å². The fraction of sp³-hybridized carbons (Fsp3) is 0.500. The molecule has 1 heteroatoms. The zero-order valence-corrected chi connectivity index (χ0v) is 7.40. The first kappa shape index (κ1) is 7.07. The summed E-state index contributed by atoms with van der Waals surface area (Å²) < 4.78 is 1.33. The molecular formula is C8H11Br. The van der Waals surface area contributed by atoms with Crippen LogP contribution in [0.1, 0.15) is 20.3 Å². The molecule has 0 fully saturated rings. The molecule has 1 unspecified atom stereocenters. The normalized spacial score (nSPS) is 27.2. The molecule has 1 aliphatic rings. The van der Waals surface area contributed by atoms with Gasteiger partial charge in [-0.25, -0.2) is 0 Å². The first-order valence-corrected chi connectivity index (χ1v) is 4.02. The summed E-state index contributed by atoms with van der Waals surface area (Å²) in [5.41, 5.74) is 1.48. The number of rotatable bonds is 0. The van der Waals surface area contributed by atoms with Gasteiger partial charge >= 0.3 is 0 Å². The Morgan fingerprint density at radius 1 is 1.56 bits per heavy atom. The average Bonchev–Trinajstić information content (AvgIpc) is 1.80.